The molecule has 0 aromatic carbocycles. The normalized spacial score (nSPS) is 26.2. The molecule has 0 aromatic heterocycles. The van der Waals surface area contributed by atoms with Crippen LogP contribution in [0.1, 0.15) is 26.7 Å². The van der Waals surface area contributed by atoms with Gasteiger partial charge in [0, 0.05) is 24.5 Å². The Morgan fingerprint density at radius 3 is 2.67 bits per heavy atom. The zero-order chi connectivity index (χ0) is 8.77. The molecule has 1 saturated carbocycles. The number of hydrogen-bond donors (Lipinski definition) is 1. The highest BCUT2D eigenvalue weighted by Crippen LogP contribution is 2.47. The number of amides is 2. The molecule has 3 nitrogen and oxygen atoms in total. The summed E-state index contributed by atoms with van der Waals surface area (Å²) in [7, 11) is 0. The third kappa shape index (κ3) is 1.17. The van der Waals surface area contributed by atoms with Crippen LogP contribution in [0.3, 0.4) is 0 Å². The molecule has 1 spiro atoms. The average Bonchev–Trinajstić information content (AvgIpc) is 2.76. The summed E-state index contributed by atoms with van der Waals surface area (Å²) in [6.07, 6.45) is 2.58. The molecule has 68 valence electrons. The van der Waals surface area contributed by atoms with E-state index in [0.717, 1.165) is 13.1 Å². The van der Waals surface area contributed by atoms with Crippen LogP contribution in [-0.4, -0.2) is 30.1 Å². The van der Waals surface area contributed by atoms with Gasteiger partial charge in [0.1, 0.15) is 0 Å². The highest BCUT2D eigenvalue weighted by atomic mass is 16.2. The Morgan fingerprint density at radius 2 is 2.17 bits per heavy atom. The van der Waals surface area contributed by atoms with Gasteiger partial charge in [-0.3, -0.25) is 0 Å². The molecule has 1 N–H and O–H groups in total. The van der Waals surface area contributed by atoms with Crippen molar-refractivity contribution in [1.82, 2.24) is 10.2 Å². The highest BCUT2D eigenvalue weighted by Gasteiger charge is 2.48. The fourth-order valence-electron chi connectivity index (χ4n) is 1.78. The largest absolute Gasteiger partial charge is 0.337 e. The van der Waals surface area contributed by atoms with Gasteiger partial charge in [-0.1, -0.05) is 0 Å². The lowest BCUT2D eigenvalue weighted by Crippen LogP contribution is -2.54. The van der Waals surface area contributed by atoms with Gasteiger partial charge < -0.3 is 10.2 Å². The summed E-state index contributed by atoms with van der Waals surface area (Å²) in [4.78, 5) is 13.3. The van der Waals surface area contributed by atoms with Crippen molar-refractivity contribution in [2.75, 3.05) is 13.1 Å². The Labute approximate surface area is 73.1 Å². The summed E-state index contributed by atoms with van der Waals surface area (Å²) in [6, 6.07) is 0.449. The summed E-state index contributed by atoms with van der Waals surface area (Å²) in [6.45, 7) is 6.01. The first-order chi connectivity index (χ1) is 5.63. The van der Waals surface area contributed by atoms with E-state index in [9.17, 15) is 4.79 Å². The molecule has 12 heavy (non-hydrogen) atoms. The summed E-state index contributed by atoms with van der Waals surface area (Å²) in [5.41, 5.74) is 0.457. The number of urea groups is 1. The summed E-state index contributed by atoms with van der Waals surface area (Å²) >= 11 is 0. The Morgan fingerprint density at radius 1 is 1.50 bits per heavy atom. The van der Waals surface area contributed by atoms with E-state index in [1.807, 2.05) is 4.90 Å². The Bertz CT molecular complexity index is 209. The lowest BCUT2D eigenvalue weighted by atomic mass is 10.0. The number of nitrogens with zero attached hydrogens (tertiary/aromatic N) is 1. The zero-order valence-corrected chi connectivity index (χ0v) is 7.76. The summed E-state index contributed by atoms with van der Waals surface area (Å²) < 4.78 is 0. The fraction of sp³-hybridized carbons (Fsp3) is 0.889. The van der Waals surface area contributed by atoms with E-state index in [1.165, 1.54) is 12.8 Å². The molecule has 2 aliphatic rings. The van der Waals surface area contributed by atoms with Gasteiger partial charge in [0.25, 0.3) is 0 Å². The smallest absolute Gasteiger partial charge is 0.317 e. The molecule has 0 unspecified atom stereocenters. The van der Waals surface area contributed by atoms with Crippen molar-refractivity contribution in [2.45, 2.75) is 32.7 Å². The van der Waals surface area contributed by atoms with Crippen molar-refractivity contribution in [2.24, 2.45) is 5.41 Å². The van der Waals surface area contributed by atoms with Crippen molar-refractivity contribution in [3.63, 3.8) is 0 Å². The second-order valence-electron chi connectivity index (χ2n) is 4.38. The van der Waals surface area contributed by atoms with Gasteiger partial charge in [0.05, 0.1) is 0 Å². The summed E-state index contributed by atoms with van der Waals surface area (Å²) in [5, 5.41) is 2.95. The van der Waals surface area contributed by atoms with Crippen LogP contribution < -0.4 is 5.32 Å². The van der Waals surface area contributed by atoms with E-state index in [4.69, 9.17) is 0 Å². The van der Waals surface area contributed by atoms with Gasteiger partial charge in [0.2, 0.25) is 0 Å². The lowest BCUT2D eigenvalue weighted by Gasteiger charge is -2.36. The minimum atomic E-state index is 0.113. The molecule has 1 aliphatic carbocycles. The predicted molar refractivity (Wildman–Crippen MR) is 46.9 cm³/mol. The standard InChI is InChI=1S/C9H16N2O/c1-7(2)11-6-9(3-4-9)5-10-8(11)12/h7H,3-6H2,1-2H3,(H,10,12). The molecule has 2 amide bonds. The first kappa shape index (κ1) is 7.90. The first-order valence-electron chi connectivity index (χ1n) is 4.67. The second kappa shape index (κ2) is 2.38. The molecular weight excluding hydrogens is 152 g/mol. The topological polar surface area (TPSA) is 32.3 Å². The number of rotatable bonds is 1. The number of carbonyl (C=O) groups is 1. The number of carbonyl (C=O) groups excluding carboxylic acids is 1. The van der Waals surface area contributed by atoms with Crippen molar-refractivity contribution >= 4 is 6.03 Å². The van der Waals surface area contributed by atoms with Crippen LogP contribution in [0.2, 0.25) is 0 Å². The van der Waals surface area contributed by atoms with Crippen molar-refractivity contribution in [3.8, 4) is 0 Å². The van der Waals surface area contributed by atoms with Crippen LogP contribution in [-0.2, 0) is 0 Å². The zero-order valence-electron chi connectivity index (χ0n) is 7.76. The summed E-state index contributed by atoms with van der Waals surface area (Å²) in [5.74, 6) is 0. The number of hydrogen-bond acceptors (Lipinski definition) is 1. The van der Waals surface area contributed by atoms with E-state index in [-0.39, 0.29) is 6.03 Å². The van der Waals surface area contributed by atoms with E-state index in [2.05, 4.69) is 19.2 Å². The molecule has 0 bridgehead atoms. The third-order valence-electron chi connectivity index (χ3n) is 2.96. The van der Waals surface area contributed by atoms with Gasteiger partial charge in [-0.05, 0) is 26.7 Å². The van der Waals surface area contributed by atoms with Gasteiger partial charge in [-0.15, -0.1) is 0 Å². The molecule has 0 atom stereocenters. The van der Waals surface area contributed by atoms with Crippen molar-refractivity contribution < 1.29 is 4.79 Å². The third-order valence-corrected chi connectivity index (χ3v) is 2.96. The maximum absolute atomic E-state index is 11.4. The van der Waals surface area contributed by atoms with Gasteiger partial charge in [-0.25, -0.2) is 4.79 Å². The lowest BCUT2D eigenvalue weighted by molar-refractivity contribution is 0.143. The monoisotopic (exact) mass is 168 g/mol. The van der Waals surface area contributed by atoms with Crippen LogP contribution in [0.15, 0.2) is 0 Å². The van der Waals surface area contributed by atoms with Crippen LogP contribution in [0, 0.1) is 5.41 Å². The van der Waals surface area contributed by atoms with E-state index >= 15 is 0 Å². The molecule has 2 rings (SSSR count). The Kier molecular flexibility index (Phi) is 1.56. The van der Waals surface area contributed by atoms with Crippen LogP contribution in [0.5, 0.6) is 0 Å². The minimum Gasteiger partial charge on any atom is -0.337 e. The molecule has 1 heterocycles. The van der Waals surface area contributed by atoms with Crippen LogP contribution in [0.25, 0.3) is 0 Å². The average molecular weight is 168 g/mol. The molecular formula is C9H16N2O. The fourth-order valence-corrected chi connectivity index (χ4v) is 1.78. The first-order valence-corrected chi connectivity index (χ1v) is 4.67. The van der Waals surface area contributed by atoms with E-state index in [1.54, 1.807) is 0 Å². The predicted octanol–water partition coefficient (Wildman–Crippen LogP) is 1.20. The highest BCUT2D eigenvalue weighted by molar-refractivity contribution is 5.75. The van der Waals surface area contributed by atoms with Crippen LogP contribution >= 0.6 is 0 Å². The maximum Gasteiger partial charge on any atom is 0.317 e. The van der Waals surface area contributed by atoms with Gasteiger partial charge >= 0.3 is 6.03 Å². The molecule has 2 fully saturated rings. The minimum absolute atomic E-state index is 0.113. The Balaban J connectivity index is 2.05. The van der Waals surface area contributed by atoms with Crippen molar-refractivity contribution in [3.05, 3.63) is 0 Å². The Hall–Kier alpha value is -0.730. The van der Waals surface area contributed by atoms with E-state index < -0.39 is 0 Å². The van der Waals surface area contributed by atoms with Crippen molar-refractivity contribution in [1.29, 1.82) is 0 Å². The molecule has 0 aromatic rings. The molecule has 1 aliphatic heterocycles. The molecule has 3 heteroatoms. The quantitative estimate of drug-likeness (QED) is 0.627. The molecule has 1 saturated heterocycles. The van der Waals surface area contributed by atoms with Crippen LogP contribution in [0.4, 0.5) is 4.79 Å². The second-order valence-corrected chi connectivity index (χ2v) is 4.38. The van der Waals surface area contributed by atoms with Gasteiger partial charge in [0.15, 0.2) is 0 Å². The van der Waals surface area contributed by atoms with E-state index in [0.29, 0.717) is 11.5 Å². The maximum atomic E-state index is 11.4. The SMILES string of the molecule is CC(C)N1CC2(CC2)CNC1=O. The van der Waals surface area contributed by atoms with Gasteiger partial charge in [-0.2, -0.15) is 0 Å². The molecule has 0 radical (unpaired) electrons. The number of nitrogens with one attached hydrogen (secondary N) is 1.